The summed E-state index contributed by atoms with van der Waals surface area (Å²) >= 11 is 12.1. The number of methoxy groups -OCH3 is 1. The van der Waals surface area contributed by atoms with E-state index in [0.29, 0.717) is 29.7 Å². The van der Waals surface area contributed by atoms with E-state index >= 15 is 0 Å². The maximum Gasteiger partial charge on any atom is 0.0964 e. The van der Waals surface area contributed by atoms with Crippen LogP contribution in [0.4, 0.5) is 0 Å². The number of ether oxygens (including phenoxy) is 1. The molecular weight excluding hydrogens is 299 g/mol. The highest BCUT2D eigenvalue weighted by Crippen LogP contribution is 2.25. The van der Waals surface area contributed by atoms with Crippen molar-refractivity contribution in [1.82, 2.24) is 20.3 Å². The van der Waals surface area contributed by atoms with E-state index in [1.165, 1.54) is 0 Å². The second-order valence-corrected chi connectivity index (χ2v) is 5.08. The fraction of sp³-hybridized carbons (Fsp3) is 0.385. The Morgan fingerprint density at radius 2 is 2.20 bits per heavy atom. The smallest absolute Gasteiger partial charge is 0.0964 e. The van der Waals surface area contributed by atoms with Crippen LogP contribution in [0.3, 0.4) is 0 Å². The summed E-state index contributed by atoms with van der Waals surface area (Å²) in [6.07, 6.45) is 1.89. The van der Waals surface area contributed by atoms with Crippen molar-refractivity contribution in [2.45, 2.75) is 13.1 Å². The van der Waals surface area contributed by atoms with E-state index in [1.54, 1.807) is 17.9 Å². The molecule has 0 aliphatic heterocycles. The van der Waals surface area contributed by atoms with Crippen LogP contribution in [0.25, 0.3) is 0 Å². The first-order valence-corrected chi connectivity index (χ1v) is 6.98. The molecule has 0 saturated carbocycles. The standard InChI is InChI=1S/C13H16Cl2N4O/c1-20-6-5-16-7-11-9-19(18-17-11)8-10-3-2-4-12(14)13(10)15/h2-4,9,16H,5-8H2,1H3. The third-order valence-electron chi connectivity index (χ3n) is 2.74. The normalized spacial score (nSPS) is 10.9. The Balaban J connectivity index is 1.94. The van der Waals surface area contributed by atoms with Crippen molar-refractivity contribution in [2.24, 2.45) is 0 Å². The van der Waals surface area contributed by atoms with Gasteiger partial charge in [0.2, 0.25) is 0 Å². The average Bonchev–Trinajstić information content (AvgIpc) is 2.88. The first kappa shape index (κ1) is 15.3. The molecule has 0 spiro atoms. The average molecular weight is 315 g/mol. The van der Waals surface area contributed by atoms with Crippen molar-refractivity contribution in [1.29, 1.82) is 0 Å². The molecular formula is C13H16Cl2N4O. The second-order valence-electron chi connectivity index (χ2n) is 4.29. The van der Waals surface area contributed by atoms with Crippen LogP contribution in [0.1, 0.15) is 11.3 Å². The van der Waals surface area contributed by atoms with Gasteiger partial charge in [0.05, 0.1) is 35.1 Å². The monoisotopic (exact) mass is 314 g/mol. The van der Waals surface area contributed by atoms with Crippen molar-refractivity contribution >= 4 is 23.2 Å². The van der Waals surface area contributed by atoms with Gasteiger partial charge in [0.1, 0.15) is 0 Å². The lowest BCUT2D eigenvalue weighted by Crippen LogP contribution is -2.18. The van der Waals surface area contributed by atoms with Gasteiger partial charge in [-0.1, -0.05) is 40.5 Å². The molecule has 0 amide bonds. The largest absolute Gasteiger partial charge is 0.383 e. The molecule has 20 heavy (non-hydrogen) atoms. The Hall–Kier alpha value is -1.14. The van der Waals surface area contributed by atoms with Crippen LogP contribution in [-0.2, 0) is 17.8 Å². The fourth-order valence-corrected chi connectivity index (χ4v) is 2.11. The van der Waals surface area contributed by atoms with E-state index in [1.807, 2.05) is 18.3 Å². The summed E-state index contributed by atoms with van der Waals surface area (Å²) < 4.78 is 6.70. The molecule has 108 valence electrons. The number of hydrogen-bond acceptors (Lipinski definition) is 4. The van der Waals surface area contributed by atoms with E-state index in [9.17, 15) is 0 Å². The van der Waals surface area contributed by atoms with Gasteiger partial charge < -0.3 is 10.1 Å². The third-order valence-corrected chi connectivity index (χ3v) is 3.60. The van der Waals surface area contributed by atoms with E-state index < -0.39 is 0 Å². The molecule has 0 atom stereocenters. The Morgan fingerprint density at radius 3 is 3.00 bits per heavy atom. The predicted octanol–water partition coefficient (Wildman–Crippen LogP) is 2.37. The number of benzene rings is 1. The van der Waals surface area contributed by atoms with Gasteiger partial charge in [-0.05, 0) is 11.6 Å². The van der Waals surface area contributed by atoms with Crippen LogP contribution in [0, 0.1) is 0 Å². The summed E-state index contributed by atoms with van der Waals surface area (Å²) in [6.45, 7) is 2.66. The topological polar surface area (TPSA) is 52.0 Å². The van der Waals surface area contributed by atoms with Crippen LogP contribution in [-0.4, -0.2) is 35.3 Å². The Labute approximate surface area is 127 Å². The van der Waals surface area contributed by atoms with Gasteiger partial charge in [0, 0.05) is 20.2 Å². The number of halogens is 2. The second kappa shape index (κ2) is 7.59. The zero-order valence-corrected chi connectivity index (χ0v) is 12.7. The fourth-order valence-electron chi connectivity index (χ4n) is 1.73. The van der Waals surface area contributed by atoms with Crippen LogP contribution >= 0.6 is 23.2 Å². The Kier molecular flexibility index (Phi) is 5.79. The van der Waals surface area contributed by atoms with Crippen molar-refractivity contribution in [2.75, 3.05) is 20.3 Å². The molecule has 0 unspecified atom stereocenters. The molecule has 1 N–H and O–H groups in total. The number of hydrogen-bond donors (Lipinski definition) is 1. The number of rotatable bonds is 7. The van der Waals surface area contributed by atoms with Gasteiger partial charge in [0.15, 0.2) is 0 Å². The minimum atomic E-state index is 0.546. The Bertz CT molecular complexity index is 559. The molecule has 2 rings (SSSR count). The summed E-state index contributed by atoms with van der Waals surface area (Å²) in [4.78, 5) is 0. The van der Waals surface area contributed by atoms with Crippen LogP contribution in [0.2, 0.25) is 10.0 Å². The first-order valence-electron chi connectivity index (χ1n) is 6.22. The van der Waals surface area contributed by atoms with E-state index in [4.69, 9.17) is 27.9 Å². The van der Waals surface area contributed by atoms with Crippen molar-refractivity contribution in [3.8, 4) is 0 Å². The van der Waals surface area contributed by atoms with Gasteiger partial charge in [-0.2, -0.15) is 0 Å². The molecule has 0 fully saturated rings. The molecule has 0 bridgehead atoms. The molecule has 1 aromatic heterocycles. The summed E-state index contributed by atoms with van der Waals surface area (Å²) in [5.41, 5.74) is 1.79. The lowest BCUT2D eigenvalue weighted by atomic mass is 10.2. The van der Waals surface area contributed by atoms with E-state index in [2.05, 4.69) is 15.6 Å². The lowest BCUT2D eigenvalue weighted by molar-refractivity contribution is 0.199. The number of nitrogens with one attached hydrogen (secondary N) is 1. The first-order chi connectivity index (χ1) is 9.70. The molecule has 0 saturated heterocycles. The van der Waals surface area contributed by atoms with Crippen molar-refractivity contribution < 1.29 is 4.74 Å². The van der Waals surface area contributed by atoms with Gasteiger partial charge in [0.25, 0.3) is 0 Å². The minimum Gasteiger partial charge on any atom is -0.383 e. The van der Waals surface area contributed by atoms with Crippen LogP contribution in [0.15, 0.2) is 24.4 Å². The molecule has 5 nitrogen and oxygen atoms in total. The minimum absolute atomic E-state index is 0.546. The van der Waals surface area contributed by atoms with Crippen LogP contribution < -0.4 is 5.32 Å². The van der Waals surface area contributed by atoms with E-state index in [0.717, 1.165) is 17.8 Å². The predicted molar refractivity (Wildman–Crippen MR) is 79.2 cm³/mol. The summed E-state index contributed by atoms with van der Waals surface area (Å²) in [6, 6.07) is 5.56. The highest BCUT2D eigenvalue weighted by atomic mass is 35.5. The SMILES string of the molecule is COCCNCc1cn(Cc2cccc(Cl)c2Cl)nn1. The highest BCUT2D eigenvalue weighted by Gasteiger charge is 2.06. The summed E-state index contributed by atoms with van der Waals surface area (Å²) in [5.74, 6) is 0. The molecule has 0 aliphatic rings. The highest BCUT2D eigenvalue weighted by molar-refractivity contribution is 6.42. The lowest BCUT2D eigenvalue weighted by Gasteiger charge is -2.05. The van der Waals surface area contributed by atoms with Gasteiger partial charge >= 0.3 is 0 Å². The van der Waals surface area contributed by atoms with Gasteiger partial charge in [-0.15, -0.1) is 5.10 Å². The molecule has 0 radical (unpaired) electrons. The van der Waals surface area contributed by atoms with Crippen molar-refractivity contribution in [3.05, 3.63) is 45.7 Å². The Morgan fingerprint density at radius 1 is 1.35 bits per heavy atom. The molecule has 1 heterocycles. The maximum absolute atomic E-state index is 6.15. The zero-order chi connectivity index (χ0) is 14.4. The summed E-state index contributed by atoms with van der Waals surface area (Å²) in [5, 5.41) is 12.5. The van der Waals surface area contributed by atoms with Gasteiger partial charge in [-0.3, -0.25) is 0 Å². The third kappa shape index (κ3) is 4.18. The zero-order valence-electron chi connectivity index (χ0n) is 11.1. The number of nitrogens with zero attached hydrogens (tertiary/aromatic N) is 3. The quantitative estimate of drug-likeness (QED) is 0.797. The molecule has 1 aromatic carbocycles. The maximum atomic E-state index is 6.15. The summed E-state index contributed by atoms with van der Waals surface area (Å²) in [7, 11) is 1.67. The molecule has 2 aromatic rings. The molecule has 7 heteroatoms. The van der Waals surface area contributed by atoms with Gasteiger partial charge in [-0.25, -0.2) is 4.68 Å². The number of aromatic nitrogens is 3. The van der Waals surface area contributed by atoms with Crippen LogP contribution in [0.5, 0.6) is 0 Å². The van der Waals surface area contributed by atoms with Crippen molar-refractivity contribution in [3.63, 3.8) is 0 Å². The molecule has 0 aliphatic carbocycles. The van der Waals surface area contributed by atoms with E-state index in [-0.39, 0.29) is 0 Å².